The largest absolute Gasteiger partial charge is 0.493 e. The van der Waals surface area contributed by atoms with Crippen molar-refractivity contribution >= 4 is 40.4 Å². The summed E-state index contributed by atoms with van der Waals surface area (Å²) < 4.78 is 7.35. The molecule has 2 aliphatic heterocycles. The number of nitrogens with zero attached hydrogens (tertiary/aromatic N) is 2. The number of hydrogen-bond donors (Lipinski definition) is 1. The molecule has 1 amide bonds. The maximum absolute atomic E-state index is 12.8. The quantitative estimate of drug-likeness (QED) is 0.457. The van der Waals surface area contributed by atoms with Gasteiger partial charge in [0.1, 0.15) is 12.3 Å². The molecule has 8 nitrogen and oxygen atoms in total. The first-order valence-corrected chi connectivity index (χ1v) is 11.8. The number of nitro benzene ring substituents is 1. The van der Waals surface area contributed by atoms with E-state index in [0.717, 1.165) is 32.4 Å². The van der Waals surface area contributed by atoms with Gasteiger partial charge in [-0.05, 0) is 25.1 Å². The predicted octanol–water partition coefficient (Wildman–Crippen LogP) is 4.01. The average Bonchev–Trinajstić information content (AvgIpc) is 3.09. The van der Waals surface area contributed by atoms with E-state index in [4.69, 9.17) is 4.74 Å². The molecule has 32 heavy (non-hydrogen) atoms. The molecule has 0 saturated heterocycles. The number of anilines is 1. The molecule has 2 atom stereocenters. The van der Waals surface area contributed by atoms with E-state index in [1.54, 1.807) is 12.1 Å². The molecule has 0 unspecified atom stereocenters. The van der Waals surface area contributed by atoms with Crippen LogP contribution in [-0.4, -0.2) is 27.8 Å². The number of thiazole rings is 1. The zero-order valence-electron chi connectivity index (χ0n) is 17.1. The number of hydrogen-bond acceptors (Lipinski definition) is 7. The number of aryl methyl sites for hydroxylation is 1. The molecule has 164 valence electrons. The van der Waals surface area contributed by atoms with Gasteiger partial charge in [0.2, 0.25) is 5.91 Å². The second-order valence-corrected chi connectivity index (χ2v) is 9.88. The summed E-state index contributed by atoms with van der Waals surface area (Å²) in [4.78, 5) is 37.0. The maximum atomic E-state index is 12.8. The number of rotatable bonds is 4. The molecule has 0 radical (unpaired) electrons. The minimum absolute atomic E-state index is 0.00275. The van der Waals surface area contributed by atoms with Crippen molar-refractivity contribution < 1.29 is 14.5 Å². The van der Waals surface area contributed by atoms with Crippen molar-refractivity contribution in [3.05, 3.63) is 78.3 Å². The SMILES string of the molecule is Cc1ccc(NC(=O)Cn2c3c(sc2=O)[C@@H]2c4cc([N+](=O)[O-])ccc4OC[C@H]2CS3)cc1. The van der Waals surface area contributed by atoms with Gasteiger partial charge < -0.3 is 10.1 Å². The monoisotopic (exact) mass is 469 g/mol. The molecular weight excluding hydrogens is 450 g/mol. The van der Waals surface area contributed by atoms with Crippen LogP contribution in [0.5, 0.6) is 5.75 Å². The van der Waals surface area contributed by atoms with Gasteiger partial charge in [-0.3, -0.25) is 24.3 Å². The van der Waals surface area contributed by atoms with Gasteiger partial charge in [-0.25, -0.2) is 0 Å². The molecule has 0 spiro atoms. The lowest BCUT2D eigenvalue weighted by molar-refractivity contribution is -0.385. The number of benzene rings is 2. The summed E-state index contributed by atoms with van der Waals surface area (Å²) in [6, 6.07) is 12.1. The van der Waals surface area contributed by atoms with Crippen molar-refractivity contribution in [2.75, 3.05) is 17.7 Å². The molecule has 10 heteroatoms. The van der Waals surface area contributed by atoms with Crippen LogP contribution in [0.25, 0.3) is 0 Å². The molecule has 2 aliphatic rings. The molecule has 2 aromatic carbocycles. The van der Waals surface area contributed by atoms with E-state index >= 15 is 0 Å². The Labute approximate surface area is 191 Å². The number of fused-ring (bicyclic) bond motifs is 5. The number of carbonyl (C=O) groups is 1. The van der Waals surface area contributed by atoms with Gasteiger partial charge in [-0.1, -0.05) is 29.0 Å². The Morgan fingerprint density at radius 1 is 1.28 bits per heavy atom. The smallest absolute Gasteiger partial charge is 0.308 e. The first-order chi connectivity index (χ1) is 15.4. The number of ether oxygens (including phenoxy) is 1. The topological polar surface area (TPSA) is 103 Å². The summed E-state index contributed by atoms with van der Waals surface area (Å²) in [5.74, 6) is 0.987. The van der Waals surface area contributed by atoms with Crippen molar-refractivity contribution in [3.8, 4) is 5.75 Å². The van der Waals surface area contributed by atoms with E-state index in [9.17, 15) is 19.7 Å². The molecular formula is C22H19N3O5S2. The molecule has 3 heterocycles. The fourth-order valence-electron chi connectivity index (χ4n) is 4.13. The summed E-state index contributed by atoms with van der Waals surface area (Å²) in [6.07, 6.45) is 0. The van der Waals surface area contributed by atoms with E-state index in [2.05, 4.69) is 5.32 Å². The summed E-state index contributed by atoms with van der Waals surface area (Å²) in [7, 11) is 0. The van der Waals surface area contributed by atoms with Gasteiger partial charge in [0.15, 0.2) is 0 Å². The molecule has 0 fully saturated rings. The Morgan fingerprint density at radius 2 is 2.06 bits per heavy atom. The Morgan fingerprint density at radius 3 is 2.81 bits per heavy atom. The maximum Gasteiger partial charge on any atom is 0.308 e. The molecule has 0 aliphatic carbocycles. The zero-order valence-corrected chi connectivity index (χ0v) is 18.7. The fraction of sp³-hybridized carbons (Fsp3) is 0.273. The normalized spacial score (nSPS) is 18.7. The highest BCUT2D eigenvalue weighted by molar-refractivity contribution is 7.99. The highest BCUT2D eigenvalue weighted by Crippen LogP contribution is 2.51. The standard InChI is InChI=1S/C22H19N3O5S2/c1-12-2-4-14(5-3-12)23-18(26)9-24-21-20(32-22(24)27)19-13(11-31-21)10-30-17-7-6-15(25(28)29)8-16(17)19/h2-8,13,19H,9-11H2,1H3,(H,23,26)/t13-,19-/m0/s1. The lowest BCUT2D eigenvalue weighted by atomic mass is 9.83. The molecule has 5 rings (SSSR count). The first-order valence-electron chi connectivity index (χ1n) is 10.0. The minimum Gasteiger partial charge on any atom is -0.493 e. The van der Waals surface area contributed by atoms with Gasteiger partial charge in [0.25, 0.3) is 5.69 Å². The summed E-state index contributed by atoms with van der Waals surface area (Å²) in [5.41, 5.74) is 2.50. The summed E-state index contributed by atoms with van der Waals surface area (Å²) in [6.45, 7) is 2.37. The van der Waals surface area contributed by atoms with E-state index < -0.39 is 4.92 Å². The van der Waals surface area contributed by atoms with Crippen molar-refractivity contribution in [1.29, 1.82) is 0 Å². The molecule has 1 aromatic heterocycles. The Bertz CT molecular complexity index is 1280. The molecule has 0 saturated carbocycles. The first kappa shape index (κ1) is 20.8. The van der Waals surface area contributed by atoms with Gasteiger partial charge in [0, 0.05) is 45.8 Å². The zero-order chi connectivity index (χ0) is 22.4. The van der Waals surface area contributed by atoms with Crippen molar-refractivity contribution in [2.24, 2.45) is 5.92 Å². The lowest BCUT2D eigenvalue weighted by Crippen LogP contribution is -2.31. The van der Waals surface area contributed by atoms with Crippen LogP contribution in [0, 0.1) is 23.0 Å². The van der Waals surface area contributed by atoms with Crippen LogP contribution in [-0.2, 0) is 11.3 Å². The van der Waals surface area contributed by atoms with Gasteiger partial charge in [-0.15, -0.1) is 11.8 Å². The van der Waals surface area contributed by atoms with Crippen LogP contribution in [0.2, 0.25) is 0 Å². The number of non-ortho nitro benzene ring substituents is 1. The number of carbonyl (C=O) groups excluding carboxylic acids is 1. The number of amides is 1. The highest BCUT2D eigenvalue weighted by Gasteiger charge is 2.40. The van der Waals surface area contributed by atoms with Crippen LogP contribution >= 0.6 is 23.1 Å². The highest BCUT2D eigenvalue weighted by atomic mass is 32.2. The van der Waals surface area contributed by atoms with Gasteiger partial charge in [-0.2, -0.15) is 0 Å². The van der Waals surface area contributed by atoms with Crippen LogP contribution in [0.1, 0.15) is 21.9 Å². The minimum atomic E-state index is -0.425. The summed E-state index contributed by atoms with van der Waals surface area (Å²) in [5, 5.41) is 14.9. The third kappa shape index (κ3) is 3.69. The Kier molecular flexibility index (Phi) is 5.26. The van der Waals surface area contributed by atoms with E-state index in [0.29, 0.717) is 23.8 Å². The van der Waals surface area contributed by atoms with Gasteiger partial charge in [0.05, 0.1) is 16.6 Å². The summed E-state index contributed by atoms with van der Waals surface area (Å²) >= 11 is 2.65. The van der Waals surface area contributed by atoms with Crippen molar-refractivity contribution in [1.82, 2.24) is 4.57 Å². The van der Waals surface area contributed by atoms with Crippen LogP contribution < -0.4 is 14.9 Å². The molecule has 0 bridgehead atoms. The lowest BCUT2D eigenvalue weighted by Gasteiger charge is -2.36. The van der Waals surface area contributed by atoms with Crippen LogP contribution in [0.3, 0.4) is 0 Å². The number of aromatic nitrogens is 1. The second kappa shape index (κ2) is 8.10. The fourth-order valence-corrected chi connectivity index (χ4v) is 6.82. The van der Waals surface area contributed by atoms with Crippen molar-refractivity contribution in [2.45, 2.75) is 24.4 Å². The Hall–Kier alpha value is -3.11. The average molecular weight is 470 g/mol. The number of thioether (sulfide) groups is 1. The van der Waals surface area contributed by atoms with E-state index in [1.165, 1.54) is 22.4 Å². The molecule has 1 N–H and O–H groups in total. The van der Waals surface area contributed by atoms with E-state index in [1.807, 2.05) is 31.2 Å². The second-order valence-electron chi connectivity index (χ2n) is 7.88. The van der Waals surface area contributed by atoms with Gasteiger partial charge >= 0.3 is 4.87 Å². The molecule has 3 aromatic rings. The third-order valence-electron chi connectivity index (χ3n) is 5.69. The van der Waals surface area contributed by atoms with Crippen LogP contribution in [0.4, 0.5) is 11.4 Å². The van der Waals surface area contributed by atoms with Crippen LogP contribution in [0.15, 0.2) is 52.3 Å². The number of nitro groups is 1. The third-order valence-corrected chi connectivity index (χ3v) is 8.19. The predicted molar refractivity (Wildman–Crippen MR) is 123 cm³/mol. The Balaban J connectivity index is 1.47. The number of nitrogens with one attached hydrogen (secondary N) is 1. The van der Waals surface area contributed by atoms with E-state index in [-0.39, 0.29) is 34.8 Å². The van der Waals surface area contributed by atoms with Crippen molar-refractivity contribution in [3.63, 3.8) is 0 Å².